The Hall–Kier alpha value is -2.86. The van der Waals surface area contributed by atoms with Gasteiger partial charge in [-0.2, -0.15) is 0 Å². The molecule has 2 N–H and O–H groups in total. The van der Waals surface area contributed by atoms with Crippen molar-refractivity contribution in [3.05, 3.63) is 90.3 Å². The minimum absolute atomic E-state index is 0.120. The third-order valence-electron chi connectivity index (χ3n) is 4.82. The van der Waals surface area contributed by atoms with Gasteiger partial charge >= 0.3 is 0 Å². The molecule has 1 aromatic heterocycles. The van der Waals surface area contributed by atoms with Gasteiger partial charge in [0.2, 0.25) is 0 Å². The van der Waals surface area contributed by atoms with E-state index >= 15 is 0 Å². The highest BCUT2D eigenvalue weighted by Crippen LogP contribution is 2.31. The summed E-state index contributed by atoms with van der Waals surface area (Å²) in [6.45, 7) is 0.886. The molecule has 0 amide bonds. The Bertz CT molecular complexity index is 897. The Balaban J connectivity index is 1.76. The number of carbonyl (C=O) groups is 1. The van der Waals surface area contributed by atoms with Crippen LogP contribution in [0.25, 0.3) is 11.1 Å². The van der Waals surface area contributed by atoms with E-state index in [0.717, 1.165) is 16.7 Å². The highest BCUT2D eigenvalue weighted by atomic mass is 16.5. The lowest BCUT2D eigenvalue weighted by Crippen LogP contribution is -2.46. The van der Waals surface area contributed by atoms with E-state index in [-0.39, 0.29) is 6.61 Å². The van der Waals surface area contributed by atoms with Crippen molar-refractivity contribution in [2.75, 3.05) is 6.61 Å². The predicted molar refractivity (Wildman–Crippen MR) is 106 cm³/mol. The van der Waals surface area contributed by atoms with Crippen LogP contribution in [0.15, 0.2) is 79.1 Å². The number of aliphatic hydroxyl groups excluding tert-OH is 2. The highest BCUT2D eigenvalue weighted by Gasteiger charge is 2.42. The van der Waals surface area contributed by atoms with Crippen LogP contribution in [0.3, 0.4) is 0 Å². The second kappa shape index (κ2) is 8.89. The summed E-state index contributed by atoms with van der Waals surface area (Å²) in [4.78, 5) is 16.3. The molecule has 0 bridgehead atoms. The lowest BCUT2D eigenvalue weighted by atomic mass is 9.89. The van der Waals surface area contributed by atoms with Gasteiger partial charge in [0, 0.05) is 18.0 Å². The van der Waals surface area contributed by atoms with Crippen molar-refractivity contribution in [3.8, 4) is 11.1 Å². The van der Waals surface area contributed by atoms with Gasteiger partial charge in [0.25, 0.3) is 0 Å². The molecule has 0 fully saturated rings. The van der Waals surface area contributed by atoms with Crippen molar-refractivity contribution in [1.29, 1.82) is 0 Å². The number of aliphatic hydroxyl groups is 2. The fraction of sp³-hybridized carbons (Fsp3) is 0.217. The maximum Gasteiger partial charge on any atom is 0.192 e. The molecule has 3 rings (SSSR count). The van der Waals surface area contributed by atoms with E-state index < -0.39 is 24.1 Å². The molecule has 0 spiro atoms. The number of ketones is 1. The molecule has 2 aromatic carbocycles. The molecule has 0 aliphatic carbocycles. The normalized spacial score (nSPS) is 14.2. The molecule has 0 aliphatic rings. The van der Waals surface area contributed by atoms with E-state index in [1.807, 2.05) is 54.6 Å². The van der Waals surface area contributed by atoms with Crippen LogP contribution >= 0.6 is 0 Å². The van der Waals surface area contributed by atoms with E-state index in [9.17, 15) is 15.0 Å². The smallest absolute Gasteiger partial charge is 0.192 e. The van der Waals surface area contributed by atoms with E-state index in [4.69, 9.17) is 4.74 Å². The standard InChI is InChI=1S/C23H23NO4/c1-23(21(26)15-25,22(27)20-8-5-13-24-14-20)28-16-17-9-11-19(12-10-17)18-6-3-2-4-7-18/h2-14,22,25,27H,15-16H2,1H3/t22-,23+/m0/s1. The molecule has 0 unspecified atom stereocenters. The summed E-state index contributed by atoms with van der Waals surface area (Å²) in [6.07, 6.45) is 1.81. The first-order valence-corrected chi connectivity index (χ1v) is 9.05. The quantitative estimate of drug-likeness (QED) is 0.630. The van der Waals surface area contributed by atoms with E-state index in [0.29, 0.717) is 5.56 Å². The Kier molecular flexibility index (Phi) is 6.31. The lowest BCUT2D eigenvalue weighted by Gasteiger charge is -2.32. The van der Waals surface area contributed by atoms with Gasteiger partial charge in [-0.05, 0) is 29.7 Å². The molecule has 3 aromatic rings. The zero-order valence-corrected chi connectivity index (χ0v) is 15.7. The van der Waals surface area contributed by atoms with E-state index in [2.05, 4.69) is 4.98 Å². The molecule has 0 saturated carbocycles. The second-order valence-electron chi connectivity index (χ2n) is 6.73. The van der Waals surface area contributed by atoms with Crippen molar-refractivity contribution in [3.63, 3.8) is 0 Å². The molecule has 5 heteroatoms. The van der Waals surface area contributed by atoms with Gasteiger partial charge in [0.15, 0.2) is 11.4 Å². The van der Waals surface area contributed by atoms with Crippen LogP contribution in [-0.2, 0) is 16.1 Å². The molecule has 1 heterocycles. The Morgan fingerprint density at radius 2 is 1.71 bits per heavy atom. The van der Waals surface area contributed by atoms with Gasteiger partial charge in [0.1, 0.15) is 12.7 Å². The number of carbonyl (C=O) groups excluding carboxylic acids is 1. The molecule has 2 atom stereocenters. The fourth-order valence-corrected chi connectivity index (χ4v) is 2.98. The summed E-state index contributed by atoms with van der Waals surface area (Å²) in [7, 11) is 0. The first-order valence-electron chi connectivity index (χ1n) is 9.05. The zero-order chi connectivity index (χ0) is 20.0. The molecular formula is C23H23NO4. The zero-order valence-electron chi connectivity index (χ0n) is 15.7. The predicted octanol–water partition coefficient (Wildman–Crippen LogP) is 3.32. The van der Waals surface area contributed by atoms with Crippen LogP contribution in [0.5, 0.6) is 0 Å². The number of ether oxygens (including phenoxy) is 1. The Morgan fingerprint density at radius 3 is 2.32 bits per heavy atom. The van der Waals surface area contributed by atoms with Crippen LogP contribution in [0.4, 0.5) is 0 Å². The van der Waals surface area contributed by atoms with Crippen LogP contribution < -0.4 is 0 Å². The van der Waals surface area contributed by atoms with Crippen LogP contribution in [-0.4, -0.2) is 33.2 Å². The molecule has 0 aliphatic heterocycles. The van der Waals surface area contributed by atoms with Crippen LogP contribution in [0.1, 0.15) is 24.2 Å². The number of hydrogen-bond donors (Lipinski definition) is 2. The van der Waals surface area contributed by atoms with Gasteiger partial charge in [-0.1, -0.05) is 60.7 Å². The third-order valence-corrected chi connectivity index (χ3v) is 4.82. The molecule has 5 nitrogen and oxygen atoms in total. The number of benzene rings is 2. The monoisotopic (exact) mass is 377 g/mol. The maximum absolute atomic E-state index is 12.4. The summed E-state index contributed by atoms with van der Waals surface area (Å²) in [5.74, 6) is -0.593. The number of pyridine rings is 1. The molecule has 144 valence electrons. The van der Waals surface area contributed by atoms with Crippen LogP contribution in [0.2, 0.25) is 0 Å². The SMILES string of the molecule is C[C@@](OCc1ccc(-c2ccccc2)cc1)(C(=O)CO)[C@@H](O)c1cccnc1. The van der Waals surface area contributed by atoms with E-state index in [1.54, 1.807) is 18.3 Å². The summed E-state index contributed by atoms with van der Waals surface area (Å²) >= 11 is 0. The fourth-order valence-electron chi connectivity index (χ4n) is 2.98. The highest BCUT2D eigenvalue weighted by molar-refractivity contribution is 5.88. The summed E-state index contributed by atoms with van der Waals surface area (Å²) in [6, 6.07) is 21.1. The number of nitrogens with zero attached hydrogens (tertiary/aromatic N) is 1. The van der Waals surface area contributed by atoms with Crippen molar-refractivity contribution in [2.45, 2.75) is 25.2 Å². The van der Waals surface area contributed by atoms with Crippen LogP contribution in [0, 0.1) is 0 Å². The molecular weight excluding hydrogens is 354 g/mol. The van der Waals surface area contributed by atoms with Gasteiger partial charge in [-0.3, -0.25) is 9.78 Å². The van der Waals surface area contributed by atoms with Crippen molar-refractivity contribution in [1.82, 2.24) is 4.98 Å². The molecule has 0 saturated heterocycles. The van der Waals surface area contributed by atoms with Crippen molar-refractivity contribution >= 4 is 5.78 Å². The third kappa shape index (κ3) is 4.34. The van der Waals surface area contributed by atoms with Gasteiger partial charge < -0.3 is 14.9 Å². The number of rotatable bonds is 8. The average molecular weight is 377 g/mol. The number of aromatic nitrogens is 1. The molecule has 0 radical (unpaired) electrons. The summed E-state index contributed by atoms with van der Waals surface area (Å²) < 4.78 is 5.84. The van der Waals surface area contributed by atoms with Gasteiger partial charge in [-0.25, -0.2) is 0 Å². The largest absolute Gasteiger partial charge is 0.388 e. The first-order chi connectivity index (χ1) is 13.5. The first kappa shape index (κ1) is 19.9. The summed E-state index contributed by atoms with van der Waals surface area (Å²) in [5.41, 5.74) is 1.91. The minimum Gasteiger partial charge on any atom is -0.388 e. The minimum atomic E-state index is -1.59. The van der Waals surface area contributed by atoms with Gasteiger partial charge in [0.05, 0.1) is 6.61 Å². The van der Waals surface area contributed by atoms with E-state index in [1.165, 1.54) is 13.1 Å². The average Bonchev–Trinajstić information content (AvgIpc) is 2.78. The number of Topliss-reactive ketones (excluding diaryl/α,β-unsaturated/α-hetero) is 1. The topological polar surface area (TPSA) is 79.7 Å². The Morgan fingerprint density at radius 1 is 1.04 bits per heavy atom. The van der Waals surface area contributed by atoms with Crippen molar-refractivity contribution < 1.29 is 19.7 Å². The summed E-state index contributed by atoms with van der Waals surface area (Å²) in [5, 5.41) is 20.1. The Labute approximate surface area is 164 Å². The van der Waals surface area contributed by atoms with Gasteiger partial charge in [-0.15, -0.1) is 0 Å². The lowest BCUT2D eigenvalue weighted by molar-refractivity contribution is -0.165. The molecule has 28 heavy (non-hydrogen) atoms. The second-order valence-corrected chi connectivity index (χ2v) is 6.73. The van der Waals surface area contributed by atoms with Crippen molar-refractivity contribution in [2.24, 2.45) is 0 Å². The maximum atomic E-state index is 12.4. The number of hydrogen-bond acceptors (Lipinski definition) is 5.